The Balaban J connectivity index is 1.45. The van der Waals surface area contributed by atoms with Crippen LogP contribution in [0.4, 0.5) is 5.69 Å². The number of hydrogen-bond donors (Lipinski definition) is 1. The summed E-state index contributed by atoms with van der Waals surface area (Å²) in [6, 6.07) is 10.3. The second-order valence-corrected chi connectivity index (χ2v) is 6.70. The van der Waals surface area contributed by atoms with E-state index in [-0.39, 0.29) is 5.92 Å². The molecule has 2 aliphatic rings. The van der Waals surface area contributed by atoms with Gasteiger partial charge in [-0.25, -0.2) is 0 Å². The highest BCUT2D eigenvalue weighted by Gasteiger charge is 2.28. The summed E-state index contributed by atoms with van der Waals surface area (Å²) in [5.74, 6) is 0.508. The summed E-state index contributed by atoms with van der Waals surface area (Å²) in [6.45, 7) is 5.29. The van der Waals surface area contributed by atoms with Gasteiger partial charge in [-0.1, -0.05) is 18.2 Å². The van der Waals surface area contributed by atoms with E-state index in [4.69, 9.17) is 0 Å². The van der Waals surface area contributed by atoms with Crippen LogP contribution in [-0.2, 0) is 4.79 Å². The molecular formula is C19H24N4O. The van der Waals surface area contributed by atoms with Crippen LogP contribution in [0.25, 0.3) is 10.9 Å². The minimum atomic E-state index is 0.173. The Kier molecular flexibility index (Phi) is 4.34. The number of piperidine rings is 1. The zero-order valence-corrected chi connectivity index (χ0v) is 13.9. The molecule has 0 spiro atoms. The summed E-state index contributed by atoms with van der Waals surface area (Å²) in [6.07, 6.45) is 4.02. The first-order valence-corrected chi connectivity index (χ1v) is 8.91. The number of nitrogens with one attached hydrogen (secondary N) is 1. The Morgan fingerprint density at radius 2 is 1.96 bits per heavy atom. The average molecular weight is 324 g/mol. The number of nitrogens with zero attached hydrogens (tertiary/aromatic N) is 3. The van der Waals surface area contributed by atoms with Gasteiger partial charge in [0.2, 0.25) is 5.91 Å². The summed E-state index contributed by atoms with van der Waals surface area (Å²) < 4.78 is 0. The highest BCUT2D eigenvalue weighted by atomic mass is 16.2. The minimum Gasteiger partial charge on any atom is -0.367 e. The fraction of sp³-hybridized carbons (Fsp3) is 0.474. The predicted octanol–water partition coefficient (Wildman–Crippen LogP) is 1.88. The van der Waals surface area contributed by atoms with Crippen LogP contribution in [0, 0.1) is 5.92 Å². The third-order valence-electron chi connectivity index (χ3n) is 5.20. The Labute approximate surface area is 142 Å². The second kappa shape index (κ2) is 6.77. The summed E-state index contributed by atoms with van der Waals surface area (Å²) in [7, 11) is 0. The molecule has 0 radical (unpaired) electrons. The molecule has 1 aromatic heterocycles. The van der Waals surface area contributed by atoms with Gasteiger partial charge in [0.1, 0.15) is 0 Å². The first-order chi connectivity index (χ1) is 11.8. The topological polar surface area (TPSA) is 48.5 Å². The van der Waals surface area contributed by atoms with Crippen molar-refractivity contribution >= 4 is 22.5 Å². The van der Waals surface area contributed by atoms with Crippen molar-refractivity contribution in [2.24, 2.45) is 5.92 Å². The van der Waals surface area contributed by atoms with Crippen LogP contribution in [0.15, 0.2) is 36.5 Å². The molecule has 3 heterocycles. The zero-order valence-electron chi connectivity index (χ0n) is 13.9. The van der Waals surface area contributed by atoms with Gasteiger partial charge in [-0.2, -0.15) is 0 Å². The summed E-state index contributed by atoms with van der Waals surface area (Å²) in [4.78, 5) is 21.5. The van der Waals surface area contributed by atoms with Crippen molar-refractivity contribution in [3.05, 3.63) is 36.5 Å². The lowest BCUT2D eigenvalue weighted by Crippen LogP contribution is -2.52. The van der Waals surface area contributed by atoms with Gasteiger partial charge in [0, 0.05) is 50.0 Å². The van der Waals surface area contributed by atoms with Gasteiger partial charge in [-0.05, 0) is 31.5 Å². The van der Waals surface area contributed by atoms with Gasteiger partial charge in [0.05, 0.1) is 11.4 Å². The van der Waals surface area contributed by atoms with E-state index in [1.807, 2.05) is 12.3 Å². The number of rotatable bonds is 2. The zero-order chi connectivity index (χ0) is 16.4. The van der Waals surface area contributed by atoms with Gasteiger partial charge in [-0.3, -0.25) is 9.78 Å². The van der Waals surface area contributed by atoms with E-state index >= 15 is 0 Å². The molecule has 24 heavy (non-hydrogen) atoms. The Morgan fingerprint density at radius 3 is 2.75 bits per heavy atom. The van der Waals surface area contributed by atoms with Crippen LogP contribution in [-0.4, -0.2) is 55.1 Å². The van der Waals surface area contributed by atoms with E-state index in [0.29, 0.717) is 5.91 Å². The number of piperazine rings is 1. The number of fused-ring (bicyclic) bond motifs is 1. The molecule has 2 fully saturated rings. The first kappa shape index (κ1) is 15.4. The smallest absolute Gasteiger partial charge is 0.227 e. The number of amides is 1. The largest absolute Gasteiger partial charge is 0.367 e. The molecule has 0 saturated carbocycles. The van der Waals surface area contributed by atoms with E-state index in [1.165, 1.54) is 11.1 Å². The van der Waals surface area contributed by atoms with Gasteiger partial charge < -0.3 is 15.1 Å². The minimum absolute atomic E-state index is 0.173. The highest BCUT2D eigenvalue weighted by Crippen LogP contribution is 2.26. The number of benzene rings is 1. The fourth-order valence-corrected chi connectivity index (χ4v) is 3.85. The normalized spacial score (nSPS) is 21.9. The number of hydrogen-bond acceptors (Lipinski definition) is 4. The standard InChI is InChI=1S/C19H24N4O/c24-19(15-4-3-8-20-14-15)23-12-10-22(11-13-23)18-7-9-21-17-6-2-1-5-16(17)18/h1-2,5-7,9,15,20H,3-4,8,10-14H2. The lowest BCUT2D eigenvalue weighted by molar-refractivity contribution is -0.136. The van der Waals surface area contributed by atoms with Gasteiger partial charge in [0.25, 0.3) is 0 Å². The number of carbonyl (C=O) groups excluding carboxylic acids is 1. The Hall–Kier alpha value is -2.14. The Bertz CT molecular complexity index is 713. The molecule has 0 aliphatic carbocycles. The lowest BCUT2D eigenvalue weighted by atomic mass is 9.98. The number of para-hydroxylation sites is 1. The van der Waals surface area contributed by atoms with Crippen LogP contribution in [0.3, 0.4) is 0 Å². The first-order valence-electron chi connectivity index (χ1n) is 8.91. The predicted molar refractivity (Wildman–Crippen MR) is 96.1 cm³/mol. The molecule has 0 bridgehead atoms. The van der Waals surface area contributed by atoms with Gasteiger partial charge in [0.15, 0.2) is 0 Å². The van der Waals surface area contributed by atoms with E-state index in [9.17, 15) is 4.79 Å². The molecule has 1 aromatic carbocycles. The molecule has 2 saturated heterocycles. The van der Waals surface area contributed by atoms with Crippen molar-refractivity contribution in [2.75, 3.05) is 44.2 Å². The SMILES string of the molecule is O=C(C1CCCNC1)N1CCN(c2ccnc3ccccc23)CC1. The molecule has 1 N–H and O–H groups in total. The maximum Gasteiger partial charge on any atom is 0.227 e. The molecule has 126 valence electrons. The number of aromatic nitrogens is 1. The molecule has 1 amide bonds. The maximum atomic E-state index is 12.7. The van der Waals surface area contributed by atoms with Gasteiger partial charge in [-0.15, -0.1) is 0 Å². The van der Waals surface area contributed by atoms with E-state index in [0.717, 1.165) is 57.6 Å². The molecular weight excluding hydrogens is 300 g/mol. The van der Waals surface area contributed by atoms with Gasteiger partial charge >= 0.3 is 0 Å². The molecule has 2 aliphatic heterocycles. The highest BCUT2D eigenvalue weighted by molar-refractivity contribution is 5.91. The number of anilines is 1. The summed E-state index contributed by atoms with van der Waals surface area (Å²) in [5.41, 5.74) is 2.26. The third-order valence-corrected chi connectivity index (χ3v) is 5.20. The van der Waals surface area contributed by atoms with Crippen LogP contribution in [0.5, 0.6) is 0 Å². The van der Waals surface area contributed by atoms with Crippen molar-refractivity contribution in [2.45, 2.75) is 12.8 Å². The lowest BCUT2D eigenvalue weighted by Gasteiger charge is -2.38. The average Bonchev–Trinajstić information content (AvgIpc) is 2.68. The van der Waals surface area contributed by atoms with Crippen molar-refractivity contribution in [3.63, 3.8) is 0 Å². The van der Waals surface area contributed by atoms with Crippen LogP contribution < -0.4 is 10.2 Å². The van der Waals surface area contributed by atoms with Crippen LogP contribution in [0.2, 0.25) is 0 Å². The summed E-state index contributed by atoms with van der Waals surface area (Å²) in [5, 5.41) is 4.54. The van der Waals surface area contributed by atoms with Crippen molar-refractivity contribution < 1.29 is 4.79 Å². The second-order valence-electron chi connectivity index (χ2n) is 6.70. The molecule has 2 aromatic rings. The molecule has 1 atom stereocenters. The quantitative estimate of drug-likeness (QED) is 0.916. The Morgan fingerprint density at radius 1 is 1.12 bits per heavy atom. The monoisotopic (exact) mass is 324 g/mol. The van der Waals surface area contributed by atoms with Crippen LogP contribution >= 0.6 is 0 Å². The van der Waals surface area contributed by atoms with Crippen molar-refractivity contribution in [1.82, 2.24) is 15.2 Å². The number of pyridine rings is 1. The number of carbonyl (C=O) groups is 1. The maximum absolute atomic E-state index is 12.7. The van der Waals surface area contributed by atoms with E-state index in [2.05, 4.69) is 44.4 Å². The van der Waals surface area contributed by atoms with Crippen LogP contribution in [0.1, 0.15) is 12.8 Å². The van der Waals surface area contributed by atoms with E-state index in [1.54, 1.807) is 0 Å². The molecule has 1 unspecified atom stereocenters. The van der Waals surface area contributed by atoms with E-state index < -0.39 is 0 Å². The fourth-order valence-electron chi connectivity index (χ4n) is 3.85. The third kappa shape index (κ3) is 2.96. The molecule has 5 heteroatoms. The summed E-state index contributed by atoms with van der Waals surface area (Å²) >= 11 is 0. The molecule has 5 nitrogen and oxygen atoms in total. The molecule has 4 rings (SSSR count). The van der Waals surface area contributed by atoms with Crippen molar-refractivity contribution in [3.8, 4) is 0 Å². The van der Waals surface area contributed by atoms with Crippen molar-refractivity contribution in [1.29, 1.82) is 0 Å².